The van der Waals surface area contributed by atoms with Crippen LogP contribution >= 0.6 is 0 Å². The molecule has 3 heteroatoms. The molecule has 0 spiro atoms. The third kappa shape index (κ3) is 3.55. The number of likely N-dealkylation sites (tertiary alicyclic amines) is 1. The molecule has 0 aromatic carbocycles. The Kier molecular flexibility index (Phi) is 5.19. The zero-order valence-corrected chi connectivity index (χ0v) is 12.0. The van der Waals surface area contributed by atoms with Crippen LogP contribution in [-0.2, 0) is 4.79 Å². The normalized spacial score (nSPS) is 30.3. The maximum Gasteiger partial charge on any atom is 0.137 e. The van der Waals surface area contributed by atoms with E-state index in [-0.39, 0.29) is 0 Å². The highest BCUT2D eigenvalue weighted by molar-refractivity contribution is 5.83. The molecule has 0 aromatic heterocycles. The Labute approximate surface area is 112 Å². The van der Waals surface area contributed by atoms with Crippen LogP contribution in [-0.4, -0.2) is 55.4 Å². The molecule has 0 radical (unpaired) electrons. The number of Topliss-reactive ketones (excluding diaryl/α,β-unsaturated/α-hetero) is 1. The minimum absolute atomic E-state index is 0.365. The van der Waals surface area contributed by atoms with Crippen molar-refractivity contribution >= 4 is 5.78 Å². The smallest absolute Gasteiger partial charge is 0.137 e. The summed E-state index contributed by atoms with van der Waals surface area (Å²) in [6.07, 6.45) is 8.23. The van der Waals surface area contributed by atoms with Gasteiger partial charge in [0.1, 0.15) is 5.78 Å². The van der Waals surface area contributed by atoms with E-state index in [9.17, 15) is 4.79 Å². The Balaban J connectivity index is 1.87. The van der Waals surface area contributed by atoms with Crippen LogP contribution in [0.4, 0.5) is 0 Å². The lowest BCUT2D eigenvalue weighted by molar-refractivity contribution is -0.123. The predicted molar refractivity (Wildman–Crippen MR) is 74.7 cm³/mol. The van der Waals surface area contributed by atoms with Crippen LogP contribution < -0.4 is 0 Å². The van der Waals surface area contributed by atoms with E-state index in [2.05, 4.69) is 23.9 Å². The summed E-state index contributed by atoms with van der Waals surface area (Å²) in [7, 11) is 4.27. The van der Waals surface area contributed by atoms with Gasteiger partial charge < -0.3 is 4.90 Å². The molecule has 0 aromatic rings. The molecule has 2 rings (SSSR count). The second kappa shape index (κ2) is 6.67. The Bertz CT molecular complexity index is 278. The minimum Gasteiger partial charge on any atom is -0.309 e. The van der Waals surface area contributed by atoms with E-state index in [1.54, 1.807) is 0 Å². The fourth-order valence-electron chi connectivity index (χ4n) is 3.59. The van der Waals surface area contributed by atoms with E-state index in [0.29, 0.717) is 17.7 Å². The largest absolute Gasteiger partial charge is 0.309 e. The number of hydrogen-bond acceptors (Lipinski definition) is 3. The number of carbonyl (C=O) groups is 1. The molecular formula is C15H28N2O. The van der Waals surface area contributed by atoms with Crippen LogP contribution in [0, 0.1) is 5.92 Å². The number of nitrogens with zero attached hydrogens (tertiary/aromatic N) is 2. The topological polar surface area (TPSA) is 23.6 Å². The summed E-state index contributed by atoms with van der Waals surface area (Å²) in [4.78, 5) is 16.8. The quantitative estimate of drug-likeness (QED) is 0.749. The third-order valence-electron chi connectivity index (χ3n) is 4.53. The number of carbonyl (C=O) groups excluding carboxylic acids is 1. The van der Waals surface area contributed by atoms with Gasteiger partial charge in [0, 0.05) is 18.4 Å². The molecule has 1 aliphatic heterocycles. The first-order chi connectivity index (χ1) is 8.68. The maximum atomic E-state index is 12.0. The molecule has 2 aliphatic rings. The first-order valence-corrected chi connectivity index (χ1v) is 7.60. The molecule has 3 nitrogen and oxygen atoms in total. The fraction of sp³-hybridized carbons (Fsp3) is 0.933. The summed E-state index contributed by atoms with van der Waals surface area (Å²) >= 11 is 0. The maximum absolute atomic E-state index is 12.0. The molecule has 0 amide bonds. The Morgan fingerprint density at radius 1 is 1.22 bits per heavy atom. The number of rotatable bonds is 5. The summed E-state index contributed by atoms with van der Waals surface area (Å²) in [5.74, 6) is 0.907. The van der Waals surface area contributed by atoms with Gasteiger partial charge in [-0.15, -0.1) is 0 Å². The lowest BCUT2D eigenvalue weighted by atomic mass is 9.88. The minimum atomic E-state index is 0.365. The van der Waals surface area contributed by atoms with Crippen molar-refractivity contribution in [2.75, 3.05) is 33.7 Å². The molecular weight excluding hydrogens is 224 g/mol. The number of piperidine rings is 1. The summed E-state index contributed by atoms with van der Waals surface area (Å²) in [5, 5.41) is 0. The molecule has 0 N–H and O–H groups in total. The number of hydrogen-bond donors (Lipinski definition) is 0. The standard InChI is InChI=1S/C15H28N2O/c1-16(2)10-6-12-17-11-4-3-8-14(17)13-7-5-9-15(13)18/h13-14H,3-12H2,1-2H3. The Hall–Kier alpha value is -0.410. The van der Waals surface area contributed by atoms with E-state index in [1.165, 1.54) is 38.8 Å². The van der Waals surface area contributed by atoms with Gasteiger partial charge in [-0.3, -0.25) is 9.69 Å². The molecule has 1 heterocycles. The lowest BCUT2D eigenvalue weighted by Gasteiger charge is -2.39. The monoisotopic (exact) mass is 252 g/mol. The fourth-order valence-corrected chi connectivity index (χ4v) is 3.59. The SMILES string of the molecule is CN(C)CCCN1CCCCC1C1CCCC1=O. The van der Waals surface area contributed by atoms with Crippen molar-refractivity contribution in [3.63, 3.8) is 0 Å². The average molecular weight is 252 g/mol. The zero-order valence-electron chi connectivity index (χ0n) is 12.0. The predicted octanol–water partition coefficient (Wildman–Crippen LogP) is 2.16. The molecule has 0 bridgehead atoms. The van der Waals surface area contributed by atoms with Crippen molar-refractivity contribution in [3.8, 4) is 0 Å². The molecule has 2 atom stereocenters. The van der Waals surface area contributed by atoms with E-state index >= 15 is 0 Å². The molecule has 1 saturated carbocycles. The average Bonchev–Trinajstić information content (AvgIpc) is 2.76. The van der Waals surface area contributed by atoms with E-state index < -0.39 is 0 Å². The molecule has 2 unspecified atom stereocenters. The van der Waals surface area contributed by atoms with E-state index in [0.717, 1.165) is 25.8 Å². The van der Waals surface area contributed by atoms with Gasteiger partial charge in [-0.2, -0.15) is 0 Å². The second-order valence-corrected chi connectivity index (χ2v) is 6.22. The molecule has 2 fully saturated rings. The van der Waals surface area contributed by atoms with Crippen molar-refractivity contribution in [1.29, 1.82) is 0 Å². The molecule has 1 aliphatic carbocycles. The van der Waals surface area contributed by atoms with Crippen molar-refractivity contribution in [2.24, 2.45) is 5.92 Å². The van der Waals surface area contributed by atoms with Crippen LogP contribution in [0.3, 0.4) is 0 Å². The van der Waals surface area contributed by atoms with E-state index in [1.807, 2.05) is 0 Å². The van der Waals surface area contributed by atoms with Gasteiger partial charge >= 0.3 is 0 Å². The highest BCUT2D eigenvalue weighted by Crippen LogP contribution is 2.32. The van der Waals surface area contributed by atoms with Gasteiger partial charge in [0.05, 0.1) is 0 Å². The van der Waals surface area contributed by atoms with Crippen molar-refractivity contribution in [2.45, 2.75) is 51.0 Å². The van der Waals surface area contributed by atoms with Crippen LogP contribution in [0.5, 0.6) is 0 Å². The van der Waals surface area contributed by atoms with E-state index in [4.69, 9.17) is 0 Å². The van der Waals surface area contributed by atoms with Gasteiger partial charge in [-0.25, -0.2) is 0 Å². The Morgan fingerprint density at radius 2 is 2.06 bits per heavy atom. The van der Waals surface area contributed by atoms with Crippen molar-refractivity contribution in [1.82, 2.24) is 9.80 Å². The van der Waals surface area contributed by atoms with Gasteiger partial charge in [0.25, 0.3) is 0 Å². The zero-order chi connectivity index (χ0) is 13.0. The van der Waals surface area contributed by atoms with Crippen molar-refractivity contribution < 1.29 is 4.79 Å². The summed E-state index contributed by atoms with van der Waals surface area (Å²) in [6, 6.07) is 0.566. The second-order valence-electron chi connectivity index (χ2n) is 6.22. The lowest BCUT2D eigenvalue weighted by Crippen LogP contribution is -2.46. The molecule has 1 saturated heterocycles. The van der Waals surface area contributed by atoms with Gasteiger partial charge in [0.2, 0.25) is 0 Å². The van der Waals surface area contributed by atoms with Gasteiger partial charge in [-0.05, 0) is 65.8 Å². The van der Waals surface area contributed by atoms with Crippen LogP contribution in [0.2, 0.25) is 0 Å². The number of ketones is 1. The van der Waals surface area contributed by atoms with Gasteiger partial charge in [0.15, 0.2) is 0 Å². The summed E-state index contributed by atoms with van der Waals surface area (Å²) in [6.45, 7) is 3.54. The summed E-state index contributed by atoms with van der Waals surface area (Å²) in [5.41, 5.74) is 0. The van der Waals surface area contributed by atoms with Crippen LogP contribution in [0.1, 0.15) is 44.9 Å². The van der Waals surface area contributed by atoms with Crippen molar-refractivity contribution in [3.05, 3.63) is 0 Å². The highest BCUT2D eigenvalue weighted by Gasteiger charge is 2.36. The first kappa shape index (κ1) is 14.0. The first-order valence-electron chi connectivity index (χ1n) is 7.60. The highest BCUT2D eigenvalue weighted by atomic mass is 16.1. The molecule has 18 heavy (non-hydrogen) atoms. The Morgan fingerprint density at radius 3 is 2.72 bits per heavy atom. The van der Waals surface area contributed by atoms with Crippen LogP contribution in [0.15, 0.2) is 0 Å². The summed E-state index contributed by atoms with van der Waals surface area (Å²) < 4.78 is 0. The van der Waals surface area contributed by atoms with Gasteiger partial charge in [-0.1, -0.05) is 6.42 Å². The molecule has 104 valence electrons. The van der Waals surface area contributed by atoms with Crippen LogP contribution in [0.25, 0.3) is 0 Å². The third-order valence-corrected chi connectivity index (χ3v) is 4.53.